The first-order chi connectivity index (χ1) is 8.35. The van der Waals surface area contributed by atoms with E-state index in [-0.39, 0.29) is 5.96 Å². The van der Waals surface area contributed by atoms with Crippen LogP contribution in [0.4, 0.5) is 0 Å². The van der Waals surface area contributed by atoms with Gasteiger partial charge >= 0.3 is 5.97 Å². The fraction of sp³-hybridized carbons (Fsp3) is 0.333. The van der Waals surface area contributed by atoms with Crippen LogP contribution in [-0.2, 0) is 4.79 Å². The van der Waals surface area contributed by atoms with E-state index in [1.165, 1.54) is 0 Å². The molecule has 0 saturated heterocycles. The van der Waals surface area contributed by atoms with Gasteiger partial charge < -0.3 is 20.9 Å². The lowest BCUT2D eigenvalue weighted by atomic mass is 10.1. The zero-order chi connectivity index (χ0) is 13.8. The molecule has 0 bridgehead atoms. The smallest absolute Gasteiger partial charge is 0.338 e. The Hall–Kier alpha value is -2.24. The van der Waals surface area contributed by atoms with Crippen molar-refractivity contribution in [1.29, 1.82) is 0 Å². The van der Waals surface area contributed by atoms with E-state index in [1.807, 2.05) is 0 Å². The van der Waals surface area contributed by atoms with Gasteiger partial charge in [-0.25, -0.2) is 9.79 Å². The Labute approximate surface area is 106 Å². The molecule has 6 heteroatoms. The second-order valence-electron chi connectivity index (χ2n) is 4.16. The number of carbonyl (C=O) groups is 1. The number of nitrogens with zero attached hydrogens (tertiary/aromatic N) is 1. The lowest BCUT2D eigenvalue weighted by Gasteiger charge is -2.17. The minimum absolute atomic E-state index is 0.160. The van der Waals surface area contributed by atoms with Crippen molar-refractivity contribution in [2.24, 2.45) is 16.5 Å². The quantitative estimate of drug-likeness (QED) is 0.354. The molecule has 0 fully saturated rings. The van der Waals surface area contributed by atoms with Crippen LogP contribution in [0.3, 0.4) is 0 Å². The van der Waals surface area contributed by atoms with Crippen LogP contribution in [0.2, 0.25) is 0 Å². The molecule has 1 aromatic carbocycles. The monoisotopic (exact) mass is 251 g/mol. The minimum atomic E-state index is -1.13. The molecule has 98 valence electrons. The van der Waals surface area contributed by atoms with Gasteiger partial charge in [-0.05, 0) is 38.1 Å². The molecule has 4 N–H and O–H groups in total. The highest BCUT2D eigenvalue weighted by molar-refractivity contribution is 5.86. The number of benzene rings is 1. The number of ether oxygens (including phenoxy) is 2. The van der Waals surface area contributed by atoms with E-state index in [1.54, 1.807) is 45.2 Å². The summed E-state index contributed by atoms with van der Waals surface area (Å²) in [6.07, 6.45) is 0. The van der Waals surface area contributed by atoms with Gasteiger partial charge in [0.05, 0.1) is 7.11 Å². The summed E-state index contributed by atoms with van der Waals surface area (Å²) in [5, 5.41) is 0. The van der Waals surface area contributed by atoms with Crippen LogP contribution in [-0.4, -0.2) is 24.6 Å². The summed E-state index contributed by atoms with van der Waals surface area (Å²) < 4.78 is 10.2. The fourth-order valence-corrected chi connectivity index (χ4v) is 1.24. The predicted molar refractivity (Wildman–Crippen MR) is 68.5 cm³/mol. The maximum Gasteiger partial charge on any atom is 0.338 e. The molecule has 0 radical (unpaired) electrons. The van der Waals surface area contributed by atoms with Crippen LogP contribution in [0.25, 0.3) is 0 Å². The SMILES string of the molecule is COc1ccc(OC(=O)C(C)(C)N=C(N)N)cc1. The Morgan fingerprint density at radius 3 is 2.11 bits per heavy atom. The van der Waals surface area contributed by atoms with Crippen LogP contribution in [0.1, 0.15) is 13.8 Å². The summed E-state index contributed by atoms with van der Waals surface area (Å²) in [5.74, 6) is 0.380. The Morgan fingerprint density at radius 2 is 1.67 bits per heavy atom. The maximum absolute atomic E-state index is 11.9. The van der Waals surface area contributed by atoms with Crippen LogP contribution < -0.4 is 20.9 Å². The molecule has 1 aromatic rings. The average Bonchev–Trinajstić information content (AvgIpc) is 2.28. The van der Waals surface area contributed by atoms with Crippen LogP contribution in [0, 0.1) is 0 Å². The summed E-state index contributed by atoms with van der Waals surface area (Å²) >= 11 is 0. The first-order valence-electron chi connectivity index (χ1n) is 5.32. The Kier molecular flexibility index (Phi) is 4.14. The Balaban J connectivity index is 2.77. The van der Waals surface area contributed by atoms with Crippen LogP contribution in [0.15, 0.2) is 29.3 Å². The van der Waals surface area contributed by atoms with E-state index in [0.717, 1.165) is 0 Å². The number of hydrogen-bond donors (Lipinski definition) is 2. The summed E-state index contributed by atoms with van der Waals surface area (Å²) in [6.45, 7) is 3.14. The number of nitrogens with two attached hydrogens (primary N) is 2. The molecule has 0 aromatic heterocycles. The summed E-state index contributed by atoms with van der Waals surface area (Å²) in [7, 11) is 1.56. The van der Waals surface area contributed by atoms with E-state index < -0.39 is 11.5 Å². The van der Waals surface area contributed by atoms with Crippen molar-refractivity contribution in [3.8, 4) is 11.5 Å². The van der Waals surface area contributed by atoms with Gasteiger partial charge in [0.2, 0.25) is 0 Å². The zero-order valence-electron chi connectivity index (χ0n) is 10.6. The first kappa shape index (κ1) is 13.8. The van der Waals surface area contributed by atoms with Gasteiger partial charge in [0, 0.05) is 0 Å². The molecule has 0 heterocycles. The second-order valence-corrected chi connectivity index (χ2v) is 4.16. The highest BCUT2D eigenvalue weighted by Gasteiger charge is 2.29. The summed E-state index contributed by atoms with van der Waals surface area (Å²) in [6, 6.07) is 6.64. The number of hydrogen-bond acceptors (Lipinski definition) is 4. The molecule has 0 atom stereocenters. The van der Waals surface area contributed by atoms with E-state index in [0.29, 0.717) is 11.5 Å². The molecular weight excluding hydrogens is 234 g/mol. The molecule has 0 spiro atoms. The molecule has 0 amide bonds. The van der Waals surface area contributed by atoms with E-state index in [4.69, 9.17) is 20.9 Å². The summed E-state index contributed by atoms with van der Waals surface area (Å²) in [5.41, 5.74) is 9.38. The maximum atomic E-state index is 11.9. The molecule has 6 nitrogen and oxygen atoms in total. The number of aliphatic imine (C=N–C) groups is 1. The van der Waals surface area contributed by atoms with Crippen molar-refractivity contribution in [2.45, 2.75) is 19.4 Å². The van der Waals surface area contributed by atoms with Crippen molar-refractivity contribution >= 4 is 11.9 Å². The topological polar surface area (TPSA) is 99.9 Å². The van der Waals surface area contributed by atoms with E-state index in [2.05, 4.69) is 4.99 Å². The third-order valence-corrected chi connectivity index (χ3v) is 2.18. The third-order valence-electron chi connectivity index (χ3n) is 2.18. The lowest BCUT2D eigenvalue weighted by Crippen LogP contribution is -2.38. The van der Waals surface area contributed by atoms with Gasteiger partial charge in [-0.3, -0.25) is 0 Å². The van der Waals surface area contributed by atoms with Crippen molar-refractivity contribution in [3.63, 3.8) is 0 Å². The first-order valence-corrected chi connectivity index (χ1v) is 5.32. The minimum Gasteiger partial charge on any atom is -0.497 e. The zero-order valence-corrected chi connectivity index (χ0v) is 10.6. The number of methoxy groups -OCH3 is 1. The normalized spacial score (nSPS) is 10.6. The number of rotatable bonds is 4. The average molecular weight is 251 g/mol. The van der Waals surface area contributed by atoms with Crippen molar-refractivity contribution < 1.29 is 14.3 Å². The predicted octanol–water partition coefficient (Wildman–Crippen LogP) is 0.653. The summed E-state index contributed by atoms with van der Waals surface area (Å²) in [4.78, 5) is 15.7. The van der Waals surface area contributed by atoms with Gasteiger partial charge in [0.1, 0.15) is 11.5 Å². The second kappa shape index (κ2) is 5.39. The lowest BCUT2D eigenvalue weighted by molar-refractivity contribution is -0.139. The highest BCUT2D eigenvalue weighted by atomic mass is 16.5. The Bertz CT molecular complexity index is 448. The van der Waals surface area contributed by atoms with Crippen molar-refractivity contribution in [2.75, 3.05) is 7.11 Å². The molecular formula is C12H17N3O3. The van der Waals surface area contributed by atoms with Crippen LogP contribution >= 0.6 is 0 Å². The molecule has 0 aliphatic heterocycles. The molecule has 18 heavy (non-hydrogen) atoms. The van der Waals surface area contributed by atoms with Gasteiger partial charge in [-0.1, -0.05) is 0 Å². The molecule has 0 unspecified atom stereocenters. The van der Waals surface area contributed by atoms with Crippen LogP contribution in [0.5, 0.6) is 11.5 Å². The van der Waals surface area contributed by atoms with Gasteiger partial charge in [-0.2, -0.15) is 0 Å². The highest BCUT2D eigenvalue weighted by Crippen LogP contribution is 2.20. The fourth-order valence-electron chi connectivity index (χ4n) is 1.24. The van der Waals surface area contributed by atoms with E-state index in [9.17, 15) is 4.79 Å². The molecule has 0 saturated carbocycles. The Morgan fingerprint density at radius 1 is 1.17 bits per heavy atom. The largest absolute Gasteiger partial charge is 0.497 e. The van der Waals surface area contributed by atoms with Crippen molar-refractivity contribution in [1.82, 2.24) is 0 Å². The number of carbonyl (C=O) groups excluding carboxylic acids is 1. The molecule has 0 aliphatic carbocycles. The standard InChI is InChI=1S/C12H17N3O3/c1-12(2,15-11(13)14)10(16)18-9-6-4-8(17-3)5-7-9/h4-7H,1-3H3,(H4,13,14,15). The number of guanidine groups is 1. The van der Waals surface area contributed by atoms with Gasteiger partial charge in [-0.15, -0.1) is 0 Å². The van der Waals surface area contributed by atoms with Gasteiger partial charge in [0.15, 0.2) is 11.5 Å². The molecule has 1 rings (SSSR count). The van der Waals surface area contributed by atoms with E-state index >= 15 is 0 Å². The molecule has 0 aliphatic rings. The van der Waals surface area contributed by atoms with Gasteiger partial charge in [0.25, 0.3) is 0 Å². The number of esters is 1. The third kappa shape index (κ3) is 3.65. The van der Waals surface area contributed by atoms with Crippen molar-refractivity contribution in [3.05, 3.63) is 24.3 Å².